The minimum atomic E-state index is -3.47. The van der Waals surface area contributed by atoms with Crippen LogP contribution in [0, 0.1) is 0 Å². The van der Waals surface area contributed by atoms with E-state index in [9.17, 15) is 13.2 Å². The molecule has 0 spiro atoms. The number of anilines is 1. The highest BCUT2D eigenvalue weighted by Crippen LogP contribution is 2.30. The van der Waals surface area contributed by atoms with Crippen LogP contribution in [0.1, 0.15) is 5.56 Å². The van der Waals surface area contributed by atoms with Crippen molar-refractivity contribution in [1.29, 1.82) is 0 Å². The number of halogens is 1. The molecule has 0 saturated heterocycles. The van der Waals surface area contributed by atoms with Crippen molar-refractivity contribution < 1.29 is 17.9 Å². The molecule has 0 saturated carbocycles. The fourth-order valence-electron chi connectivity index (χ4n) is 3.10. The summed E-state index contributed by atoms with van der Waals surface area (Å²) in [5, 5.41) is 3.48. The van der Waals surface area contributed by atoms with Gasteiger partial charge in [0.2, 0.25) is 15.9 Å². The van der Waals surface area contributed by atoms with E-state index in [1.165, 1.54) is 18.4 Å². The van der Waals surface area contributed by atoms with Crippen LogP contribution in [0.4, 0.5) is 5.69 Å². The van der Waals surface area contributed by atoms with Gasteiger partial charge in [0.05, 0.1) is 18.0 Å². The summed E-state index contributed by atoms with van der Waals surface area (Å²) < 4.78 is 31.3. The number of sulfonamides is 1. The van der Waals surface area contributed by atoms with Crippen LogP contribution in [-0.4, -0.2) is 59.0 Å². The van der Waals surface area contributed by atoms with Crippen LogP contribution in [0.25, 0.3) is 0 Å². The molecule has 0 aliphatic carbocycles. The highest BCUT2D eigenvalue weighted by molar-refractivity contribution is 7.89. The third-order valence-electron chi connectivity index (χ3n) is 4.66. The standard InChI is InChI=1S/C20H24ClN3O4S/c1-23(2)29(26,27)18-7-8-19-15(13-18)9-11-24(19)14-20(25)22-10-12-28-17-5-3-16(21)4-6-17/h3-8,13H,9-12,14H2,1-2H3,(H,22,25). The number of rotatable bonds is 8. The second-order valence-electron chi connectivity index (χ2n) is 6.90. The molecule has 2 aromatic carbocycles. The van der Waals surface area contributed by atoms with E-state index in [4.69, 9.17) is 16.3 Å². The predicted octanol–water partition coefficient (Wildman–Crippen LogP) is 2.15. The van der Waals surface area contributed by atoms with Gasteiger partial charge in [-0.15, -0.1) is 0 Å². The summed E-state index contributed by atoms with van der Waals surface area (Å²) in [7, 11) is -0.445. The first-order valence-corrected chi connectivity index (χ1v) is 11.0. The van der Waals surface area contributed by atoms with Gasteiger partial charge in [-0.05, 0) is 54.4 Å². The Labute approximate surface area is 176 Å². The second-order valence-corrected chi connectivity index (χ2v) is 9.49. The smallest absolute Gasteiger partial charge is 0.242 e. The molecule has 7 nitrogen and oxygen atoms in total. The number of hydrogen-bond donors (Lipinski definition) is 1. The Bertz CT molecular complexity index is 978. The lowest BCUT2D eigenvalue weighted by Crippen LogP contribution is -2.38. The second kappa shape index (κ2) is 9.02. The van der Waals surface area contributed by atoms with Gasteiger partial charge in [0.1, 0.15) is 12.4 Å². The topological polar surface area (TPSA) is 79.0 Å². The molecule has 0 radical (unpaired) electrons. The van der Waals surface area contributed by atoms with Gasteiger partial charge in [-0.3, -0.25) is 4.79 Å². The van der Waals surface area contributed by atoms with Crippen LogP contribution < -0.4 is 15.0 Å². The van der Waals surface area contributed by atoms with Crippen LogP contribution in [0.5, 0.6) is 5.75 Å². The number of carbonyl (C=O) groups excluding carboxylic acids is 1. The van der Waals surface area contributed by atoms with Gasteiger partial charge in [-0.1, -0.05) is 11.6 Å². The SMILES string of the molecule is CN(C)S(=O)(=O)c1ccc2c(c1)CCN2CC(=O)NCCOc1ccc(Cl)cc1. The van der Waals surface area contributed by atoms with E-state index in [0.29, 0.717) is 36.9 Å². The summed E-state index contributed by atoms with van der Waals surface area (Å²) in [5.41, 5.74) is 1.84. The van der Waals surface area contributed by atoms with Gasteiger partial charge < -0.3 is 15.0 Å². The molecule has 1 amide bonds. The number of ether oxygens (including phenoxy) is 1. The van der Waals surface area contributed by atoms with E-state index < -0.39 is 10.0 Å². The van der Waals surface area contributed by atoms with Crippen molar-refractivity contribution in [2.24, 2.45) is 0 Å². The summed E-state index contributed by atoms with van der Waals surface area (Å²) in [6.45, 7) is 1.64. The number of carbonyl (C=O) groups is 1. The van der Waals surface area contributed by atoms with Crippen molar-refractivity contribution in [2.45, 2.75) is 11.3 Å². The van der Waals surface area contributed by atoms with E-state index in [-0.39, 0.29) is 17.3 Å². The van der Waals surface area contributed by atoms with Gasteiger partial charge in [0.15, 0.2) is 0 Å². The van der Waals surface area contributed by atoms with Gasteiger partial charge >= 0.3 is 0 Å². The third-order valence-corrected chi connectivity index (χ3v) is 6.73. The van der Waals surface area contributed by atoms with Crippen LogP contribution in [0.3, 0.4) is 0 Å². The first-order chi connectivity index (χ1) is 13.8. The van der Waals surface area contributed by atoms with Crippen molar-refractivity contribution in [3.05, 3.63) is 53.1 Å². The van der Waals surface area contributed by atoms with E-state index >= 15 is 0 Å². The summed E-state index contributed by atoms with van der Waals surface area (Å²) in [4.78, 5) is 14.5. The average molecular weight is 438 g/mol. The molecule has 9 heteroatoms. The number of benzene rings is 2. The maximum absolute atomic E-state index is 12.3. The Hall–Kier alpha value is -2.29. The van der Waals surface area contributed by atoms with Gasteiger partial charge in [0, 0.05) is 31.4 Å². The number of hydrogen-bond acceptors (Lipinski definition) is 5. The third kappa shape index (κ3) is 5.20. The van der Waals surface area contributed by atoms with Crippen LogP contribution in [-0.2, 0) is 21.2 Å². The Morgan fingerprint density at radius 3 is 2.62 bits per heavy atom. The Morgan fingerprint density at radius 2 is 1.93 bits per heavy atom. The van der Waals surface area contributed by atoms with E-state index in [1.807, 2.05) is 4.90 Å². The van der Waals surface area contributed by atoms with Gasteiger partial charge in [-0.2, -0.15) is 0 Å². The molecule has 0 bridgehead atoms. The minimum Gasteiger partial charge on any atom is -0.492 e. The van der Waals surface area contributed by atoms with E-state index in [0.717, 1.165) is 11.3 Å². The number of fused-ring (bicyclic) bond motifs is 1. The Kier molecular flexibility index (Phi) is 6.66. The minimum absolute atomic E-state index is 0.109. The maximum Gasteiger partial charge on any atom is 0.242 e. The molecule has 1 aliphatic heterocycles. The lowest BCUT2D eigenvalue weighted by Gasteiger charge is -2.19. The fraction of sp³-hybridized carbons (Fsp3) is 0.350. The van der Waals surface area contributed by atoms with Gasteiger partial charge in [0.25, 0.3) is 0 Å². The monoisotopic (exact) mass is 437 g/mol. The molecule has 29 heavy (non-hydrogen) atoms. The first-order valence-electron chi connectivity index (χ1n) is 9.23. The highest BCUT2D eigenvalue weighted by Gasteiger charge is 2.24. The molecule has 0 fully saturated rings. The molecule has 1 N–H and O–H groups in total. The molecule has 156 valence electrons. The molecule has 3 rings (SSSR count). The largest absolute Gasteiger partial charge is 0.492 e. The summed E-state index contributed by atoms with van der Waals surface area (Å²) in [6.07, 6.45) is 0.707. The molecule has 2 aromatic rings. The van der Waals surface area contributed by atoms with Crippen molar-refractivity contribution in [2.75, 3.05) is 45.2 Å². The van der Waals surface area contributed by atoms with E-state index in [1.54, 1.807) is 42.5 Å². The number of nitrogens with zero attached hydrogens (tertiary/aromatic N) is 2. The zero-order valence-electron chi connectivity index (χ0n) is 16.4. The summed E-state index contributed by atoms with van der Waals surface area (Å²) in [5.74, 6) is 0.586. The average Bonchev–Trinajstić information content (AvgIpc) is 3.08. The van der Waals surface area contributed by atoms with Crippen LogP contribution >= 0.6 is 11.6 Å². The van der Waals surface area contributed by atoms with Crippen molar-refractivity contribution in [3.63, 3.8) is 0 Å². The molecular weight excluding hydrogens is 414 g/mol. The zero-order chi connectivity index (χ0) is 21.0. The summed E-state index contributed by atoms with van der Waals surface area (Å²) >= 11 is 5.83. The molecule has 0 aromatic heterocycles. The molecule has 0 unspecified atom stereocenters. The zero-order valence-corrected chi connectivity index (χ0v) is 18.0. The van der Waals surface area contributed by atoms with Crippen molar-refractivity contribution >= 4 is 33.2 Å². The Balaban J connectivity index is 1.50. The first kappa shape index (κ1) is 21.4. The fourth-order valence-corrected chi connectivity index (χ4v) is 4.18. The normalized spacial score (nSPS) is 13.4. The number of nitrogens with one attached hydrogen (secondary N) is 1. The lowest BCUT2D eigenvalue weighted by molar-refractivity contribution is -0.119. The maximum atomic E-state index is 12.3. The van der Waals surface area contributed by atoms with Crippen molar-refractivity contribution in [1.82, 2.24) is 9.62 Å². The molecular formula is C20H24ClN3O4S. The quantitative estimate of drug-likeness (QED) is 0.640. The highest BCUT2D eigenvalue weighted by atomic mass is 35.5. The predicted molar refractivity (Wildman–Crippen MR) is 113 cm³/mol. The Morgan fingerprint density at radius 1 is 1.21 bits per heavy atom. The lowest BCUT2D eigenvalue weighted by atomic mass is 10.2. The van der Waals surface area contributed by atoms with Crippen molar-refractivity contribution in [3.8, 4) is 5.75 Å². The van der Waals surface area contributed by atoms with Crippen LogP contribution in [0.15, 0.2) is 47.4 Å². The van der Waals surface area contributed by atoms with Crippen LogP contribution in [0.2, 0.25) is 5.02 Å². The van der Waals surface area contributed by atoms with Gasteiger partial charge in [-0.25, -0.2) is 12.7 Å². The molecule has 0 atom stereocenters. The summed E-state index contributed by atoms with van der Waals surface area (Å²) in [6, 6.07) is 12.1. The van der Waals surface area contributed by atoms with E-state index in [2.05, 4.69) is 5.32 Å². The number of amides is 1. The molecule has 1 heterocycles. The molecule has 1 aliphatic rings.